The van der Waals surface area contributed by atoms with E-state index in [2.05, 4.69) is 21.2 Å². The minimum Gasteiger partial charge on any atom is -0.396 e. The molecule has 2 N–H and O–H groups in total. The van der Waals surface area contributed by atoms with E-state index in [-0.39, 0.29) is 37.4 Å². The maximum absolute atomic E-state index is 13.6. The highest BCUT2D eigenvalue weighted by molar-refractivity contribution is 9.10. The van der Waals surface area contributed by atoms with Crippen LogP contribution in [0.1, 0.15) is 12.5 Å². The van der Waals surface area contributed by atoms with Crippen molar-refractivity contribution in [2.45, 2.75) is 13.3 Å². The van der Waals surface area contributed by atoms with E-state index in [1.165, 1.54) is 6.07 Å². The van der Waals surface area contributed by atoms with Crippen LogP contribution >= 0.6 is 15.9 Å². The number of carbonyl (C=O) groups excluding carboxylic acids is 1. The molecule has 0 saturated heterocycles. The lowest BCUT2D eigenvalue weighted by Gasteiger charge is -2.16. The fourth-order valence-corrected chi connectivity index (χ4v) is 2.12. The molecule has 0 spiro atoms. The van der Waals surface area contributed by atoms with Crippen molar-refractivity contribution in [2.24, 2.45) is 5.92 Å². The highest BCUT2D eigenvalue weighted by Gasteiger charge is 2.13. The fourth-order valence-electron chi connectivity index (χ4n) is 1.72. The highest BCUT2D eigenvalue weighted by atomic mass is 79.9. The molecule has 0 radical (unpaired) electrons. The van der Waals surface area contributed by atoms with E-state index in [1.807, 2.05) is 0 Å². The Balaban J connectivity index is 2.50. The number of amides is 1. The van der Waals surface area contributed by atoms with E-state index in [4.69, 9.17) is 4.74 Å². The summed E-state index contributed by atoms with van der Waals surface area (Å²) in [6.07, 6.45) is 0.358. The third-order valence-corrected chi connectivity index (χ3v) is 3.29. The molecule has 0 fully saturated rings. The van der Waals surface area contributed by atoms with Crippen molar-refractivity contribution in [3.8, 4) is 0 Å². The predicted molar refractivity (Wildman–Crippen MR) is 77.9 cm³/mol. The Bertz CT molecular complexity index is 442. The average molecular weight is 348 g/mol. The molecule has 0 bridgehead atoms. The second-order valence-corrected chi connectivity index (χ2v) is 5.35. The number of aliphatic hydroxyl groups is 1. The second-order valence-electron chi connectivity index (χ2n) is 4.43. The van der Waals surface area contributed by atoms with Crippen molar-refractivity contribution < 1.29 is 19.0 Å². The molecular weight excluding hydrogens is 329 g/mol. The van der Waals surface area contributed by atoms with Crippen LogP contribution in [0, 0.1) is 11.7 Å². The van der Waals surface area contributed by atoms with Crippen molar-refractivity contribution in [2.75, 3.05) is 26.4 Å². The van der Waals surface area contributed by atoms with Gasteiger partial charge in [-0.05, 0) is 37.1 Å². The van der Waals surface area contributed by atoms with Crippen molar-refractivity contribution in [1.82, 2.24) is 5.32 Å². The first-order valence-electron chi connectivity index (χ1n) is 6.46. The molecule has 1 aromatic rings. The fraction of sp³-hybridized carbons (Fsp3) is 0.500. The molecule has 4 nitrogen and oxygen atoms in total. The molecule has 0 aliphatic heterocycles. The summed E-state index contributed by atoms with van der Waals surface area (Å²) >= 11 is 3.28. The van der Waals surface area contributed by atoms with Crippen LogP contribution in [0.5, 0.6) is 0 Å². The van der Waals surface area contributed by atoms with Gasteiger partial charge >= 0.3 is 0 Å². The lowest BCUT2D eigenvalue weighted by molar-refractivity contribution is -0.125. The molecule has 0 saturated carbocycles. The molecule has 0 unspecified atom stereocenters. The molecule has 1 amide bonds. The Hall–Kier alpha value is -0.980. The van der Waals surface area contributed by atoms with Gasteiger partial charge in [0.2, 0.25) is 5.91 Å². The highest BCUT2D eigenvalue weighted by Crippen LogP contribution is 2.18. The summed E-state index contributed by atoms with van der Waals surface area (Å²) in [4.78, 5) is 11.4. The quantitative estimate of drug-likeness (QED) is 0.754. The largest absolute Gasteiger partial charge is 0.396 e. The molecule has 1 atom stereocenters. The van der Waals surface area contributed by atoms with E-state index in [0.717, 1.165) is 4.47 Å². The van der Waals surface area contributed by atoms with Crippen LogP contribution in [0.4, 0.5) is 4.39 Å². The number of hydrogen-bond donors (Lipinski definition) is 2. The van der Waals surface area contributed by atoms with E-state index in [9.17, 15) is 14.3 Å². The first-order valence-corrected chi connectivity index (χ1v) is 7.25. The van der Waals surface area contributed by atoms with E-state index in [0.29, 0.717) is 18.6 Å². The number of halogens is 2. The molecule has 1 rings (SSSR count). The summed E-state index contributed by atoms with van der Waals surface area (Å²) < 4.78 is 19.4. The SMILES string of the molecule is CCOCC(=O)NC[C@@H](CO)Cc1cc(Br)ccc1F. The minimum atomic E-state index is -0.313. The lowest BCUT2D eigenvalue weighted by Crippen LogP contribution is -2.34. The van der Waals surface area contributed by atoms with Crippen LogP contribution in [0.25, 0.3) is 0 Å². The Morgan fingerprint density at radius 1 is 1.55 bits per heavy atom. The van der Waals surface area contributed by atoms with Crippen LogP contribution in [-0.4, -0.2) is 37.4 Å². The number of benzene rings is 1. The summed E-state index contributed by atoms with van der Waals surface area (Å²) in [7, 11) is 0. The van der Waals surface area contributed by atoms with Gasteiger partial charge in [0.1, 0.15) is 12.4 Å². The molecule has 0 heterocycles. The van der Waals surface area contributed by atoms with Crippen molar-refractivity contribution >= 4 is 21.8 Å². The van der Waals surface area contributed by atoms with Gasteiger partial charge < -0.3 is 15.2 Å². The molecule has 0 aliphatic carbocycles. The summed E-state index contributed by atoms with van der Waals surface area (Å²) in [6, 6.07) is 4.68. The third-order valence-electron chi connectivity index (χ3n) is 2.80. The molecule has 0 aromatic heterocycles. The van der Waals surface area contributed by atoms with Crippen molar-refractivity contribution in [3.63, 3.8) is 0 Å². The smallest absolute Gasteiger partial charge is 0.246 e. The normalized spacial score (nSPS) is 12.2. The number of aliphatic hydroxyl groups excluding tert-OH is 1. The number of hydrogen-bond acceptors (Lipinski definition) is 3. The van der Waals surface area contributed by atoms with Crippen LogP contribution in [0.15, 0.2) is 22.7 Å². The molecule has 0 aliphatic rings. The van der Waals surface area contributed by atoms with Crippen LogP contribution < -0.4 is 5.32 Å². The van der Waals surface area contributed by atoms with Crippen LogP contribution in [0.3, 0.4) is 0 Å². The van der Waals surface area contributed by atoms with Gasteiger partial charge in [0.25, 0.3) is 0 Å². The van der Waals surface area contributed by atoms with E-state index < -0.39 is 0 Å². The Labute approximate surface area is 126 Å². The van der Waals surface area contributed by atoms with Gasteiger partial charge in [-0.15, -0.1) is 0 Å². The number of nitrogens with one attached hydrogen (secondary N) is 1. The molecule has 6 heteroatoms. The standard InChI is InChI=1S/C14H19BrFNO3/c1-2-20-9-14(19)17-7-10(8-18)5-11-6-12(15)3-4-13(11)16/h3-4,6,10,18H,2,5,7-9H2,1H3,(H,17,19)/t10-/m0/s1. The first-order chi connectivity index (χ1) is 9.56. The van der Waals surface area contributed by atoms with Crippen molar-refractivity contribution in [1.29, 1.82) is 0 Å². The molecule has 20 heavy (non-hydrogen) atoms. The van der Waals surface area contributed by atoms with Gasteiger partial charge in [0.15, 0.2) is 0 Å². The maximum atomic E-state index is 13.6. The second kappa shape index (κ2) is 9.05. The van der Waals surface area contributed by atoms with Crippen LogP contribution in [-0.2, 0) is 16.0 Å². The molecule has 1 aromatic carbocycles. The van der Waals surface area contributed by atoms with Gasteiger partial charge in [-0.25, -0.2) is 4.39 Å². The molecular formula is C14H19BrFNO3. The lowest BCUT2D eigenvalue weighted by atomic mass is 9.99. The van der Waals surface area contributed by atoms with Crippen LogP contribution in [0.2, 0.25) is 0 Å². The van der Waals surface area contributed by atoms with Gasteiger partial charge in [0.05, 0.1) is 0 Å². The van der Waals surface area contributed by atoms with E-state index >= 15 is 0 Å². The number of carbonyl (C=O) groups is 1. The number of ether oxygens (including phenoxy) is 1. The molecule has 112 valence electrons. The zero-order valence-corrected chi connectivity index (χ0v) is 13.0. The van der Waals surface area contributed by atoms with Gasteiger partial charge in [-0.3, -0.25) is 4.79 Å². The van der Waals surface area contributed by atoms with Gasteiger partial charge in [-0.1, -0.05) is 15.9 Å². The monoisotopic (exact) mass is 347 g/mol. The maximum Gasteiger partial charge on any atom is 0.246 e. The first kappa shape index (κ1) is 17.1. The van der Waals surface area contributed by atoms with Gasteiger partial charge in [-0.2, -0.15) is 0 Å². The average Bonchev–Trinajstić information content (AvgIpc) is 2.44. The Kier molecular flexibility index (Phi) is 7.72. The summed E-state index contributed by atoms with van der Waals surface area (Å²) in [5.74, 6) is -0.781. The summed E-state index contributed by atoms with van der Waals surface area (Å²) in [6.45, 7) is 2.44. The predicted octanol–water partition coefficient (Wildman–Crippen LogP) is 1.89. The minimum absolute atomic E-state index is 0.000104. The third kappa shape index (κ3) is 5.98. The number of rotatable bonds is 8. The van der Waals surface area contributed by atoms with Gasteiger partial charge in [0, 0.05) is 30.1 Å². The Morgan fingerprint density at radius 3 is 2.95 bits per heavy atom. The summed E-state index contributed by atoms with van der Waals surface area (Å²) in [5, 5.41) is 12.0. The van der Waals surface area contributed by atoms with E-state index in [1.54, 1.807) is 19.1 Å². The zero-order chi connectivity index (χ0) is 15.0. The zero-order valence-electron chi connectivity index (χ0n) is 11.4. The summed E-state index contributed by atoms with van der Waals surface area (Å²) in [5.41, 5.74) is 0.512. The Morgan fingerprint density at radius 2 is 2.30 bits per heavy atom. The van der Waals surface area contributed by atoms with Crippen molar-refractivity contribution in [3.05, 3.63) is 34.1 Å². The topological polar surface area (TPSA) is 58.6 Å².